The van der Waals surface area contributed by atoms with E-state index in [1.165, 1.54) is 5.56 Å². The number of amides is 3. The van der Waals surface area contributed by atoms with E-state index in [1.54, 1.807) is 4.90 Å². The van der Waals surface area contributed by atoms with Gasteiger partial charge in [0.1, 0.15) is 0 Å². The second-order valence-electron chi connectivity index (χ2n) is 7.02. The monoisotopic (exact) mass is 365 g/mol. The molecule has 0 spiro atoms. The van der Waals surface area contributed by atoms with Gasteiger partial charge in [-0.25, -0.2) is 4.79 Å². The van der Waals surface area contributed by atoms with Gasteiger partial charge in [-0.05, 0) is 37.5 Å². The second-order valence-corrected chi connectivity index (χ2v) is 7.02. The van der Waals surface area contributed by atoms with Crippen molar-refractivity contribution < 1.29 is 9.59 Å². The number of rotatable bonds is 5. The molecule has 1 atom stereocenters. The minimum Gasteiger partial charge on any atom is -0.336 e. The van der Waals surface area contributed by atoms with Gasteiger partial charge in [-0.1, -0.05) is 48.5 Å². The summed E-state index contributed by atoms with van der Waals surface area (Å²) >= 11 is 0. The van der Waals surface area contributed by atoms with Crippen LogP contribution in [0.25, 0.3) is 0 Å². The lowest BCUT2D eigenvalue weighted by Gasteiger charge is -2.35. The number of urea groups is 1. The number of nitrogens with zero attached hydrogens (tertiary/aromatic N) is 2. The van der Waals surface area contributed by atoms with E-state index in [4.69, 9.17) is 0 Å². The van der Waals surface area contributed by atoms with Gasteiger partial charge in [-0.2, -0.15) is 0 Å². The molecule has 142 valence electrons. The van der Waals surface area contributed by atoms with E-state index in [0.717, 1.165) is 12.8 Å². The number of hydrogen-bond acceptors (Lipinski definition) is 2. The summed E-state index contributed by atoms with van der Waals surface area (Å²) in [5.41, 5.74) is 1.98. The van der Waals surface area contributed by atoms with Crippen LogP contribution in [0.1, 0.15) is 29.3 Å². The first-order chi connectivity index (χ1) is 13.1. The molecule has 5 heteroatoms. The van der Waals surface area contributed by atoms with Crippen LogP contribution in [0.5, 0.6) is 0 Å². The van der Waals surface area contributed by atoms with E-state index in [0.29, 0.717) is 31.7 Å². The molecule has 1 fully saturated rings. The van der Waals surface area contributed by atoms with E-state index in [9.17, 15) is 9.59 Å². The molecule has 27 heavy (non-hydrogen) atoms. The largest absolute Gasteiger partial charge is 0.336 e. The lowest BCUT2D eigenvalue weighted by atomic mass is 10.1. The Morgan fingerprint density at radius 3 is 2.07 bits per heavy atom. The van der Waals surface area contributed by atoms with Crippen molar-refractivity contribution in [2.75, 3.05) is 26.2 Å². The lowest BCUT2D eigenvalue weighted by molar-refractivity contribution is 0.0663. The quantitative estimate of drug-likeness (QED) is 0.885. The molecule has 5 nitrogen and oxygen atoms in total. The Kier molecular flexibility index (Phi) is 6.47. The summed E-state index contributed by atoms with van der Waals surface area (Å²) in [5.74, 6) is 0.0342. The number of piperazine rings is 1. The Balaban J connectivity index is 1.42. The number of hydrogen-bond donors (Lipinski definition) is 1. The smallest absolute Gasteiger partial charge is 0.317 e. The van der Waals surface area contributed by atoms with Crippen molar-refractivity contribution in [2.24, 2.45) is 0 Å². The molecule has 0 bridgehead atoms. The van der Waals surface area contributed by atoms with E-state index in [2.05, 4.69) is 17.4 Å². The van der Waals surface area contributed by atoms with Crippen LogP contribution in [0.4, 0.5) is 4.79 Å². The normalized spacial score (nSPS) is 15.3. The fourth-order valence-electron chi connectivity index (χ4n) is 3.28. The first-order valence-corrected chi connectivity index (χ1v) is 9.57. The number of aryl methyl sites for hydroxylation is 1. The third-order valence-electron chi connectivity index (χ3n) is 4.95. The zero-order chi connectivity index (χ0) is 19.1. The van der Waals surface area contributed by atoms with Crippen molar-refractivity contribution in [1.82, 2.24) is 15.1 Å². The molecule has 3 amide bonds. The summed E-state index contributed by atoms with van der Waals surface area (Å²) in [4.78, 5) is 28.6. The van der Waals surface area contributed by atoms with Gasteiger partial charge < -0.3 is 15.1 Å². The number of carbonyl (C=O) groups is 2. The Morgan fingerprint density at radius 2 is 1.44 bits per heavy atom. The van der Waals surface area contributed by atoms with Crippen LogP contribution >= 0.6 is 0 Å². The van der Waals surface area contributed by atoms with Crippen LogP contribution in [-0.4, -0.2) is 54.0 Å². The first kappa shape index (κ1) is 19.0. The predicted molar refractivity (Wildman–Crippen MR) is 107 cm³/mol. The molecule has 0 saturated carbocycles. The molecule has 1 N–H and O–H groups in total. The Bertz CT molecular complexity index is 741. The molecule has 0 radical (unpaired) electrons. The molecule has 1 aliphatic rings. The number of nitrogens with one attached hydrogen (secondary N) is 1. The van der Waals surface area contributed by atoms with Crippen molar-refractivity contribution in [3.63, 3.8) is 0 Å². The zero-order valence-electron chi connectivity index (χ0n) is 15.8. The van der Waals surface area contributed by atoms with Crippen LogP contribution in [0.3, 0.4) is 0 Å². The van der Waals surface area contributed by atoms with Crippen LogP contribution in [-0.2, 0) is 6.42 Å². The maximum absolute atomic E-state index is 12.5. The van der Waals surface area contributed by atoms with Gasteiger partial charge in [0.05, 0.1) is 0 Å². The topological polar surface area (TPSA) is 52.7 Å². The van der Waals surface area contributed by atoms with Gasteiger partial charge in [0.25, 0.3) is 5.91 Å². The van der Waals surface area contributed by atoms with Gasteiger partial charge in [0.2, 0.25) is 0 Å². The SMILES string of the molecule is CC(CCc1ccccc1)NC(=O)N1CCN(C(=O)c2ccccc2)CC1. The summed E-state index contributed by atoms with van der Waals surface area (Å²) in [6.07, 6.45) is 1.85. The van der Waals surface area contributed by atoms with Crippen molar-refractivity contribution in [1.29, 1.82) is 0 Å². The maximum atomic E-state index is 12.5. The van der Waals surface area contributed by atoms with Crippen molar-refractivity contribution in [3.05, 3.63) is 71.8 Å². The lowest BCUT2D eigenvalue weighted by Crippen LogP contribution is -2.54. The molecule has 1 heterocycles. The number of benzene rings is 2. The van der Waals surface area contributed by atoms with E-state index in [-0.39, 0.29) is 18.0 Å². The first-order valence-electron chi connectivity index (χ1n) is 9.57. The van der Waals surface area contributed by atoms with Gasteiger partial charge >= 0.3 is 6.03 Å². The average molecular weight is 365 g/mol. The summed E-state index contributed by atoms with van der Waals surface area (Å²) in [6.45, 7) is 4.31. The third-order valence-corrected chi connectivity index (χ3v) is 4.95. The molecule has 3 rings (SSSR count). The van der Waals surface area contributed by atoms with Crippen molar-refractivity contribution in [2.45, 2.75) is 25.8 Å². The Hall–Kier alpha value is -2.82. The minimum atomic E-state index is -0.0395. The molecular formula is C22H27N3O2. The van der Waals surface area contributed by atoms with Gasteiger partial charge in [0, 0.05) is 37.8 Å². The van der Waals surface area contributed by atoms with Crippen LogP contribution in [0.2, 0.25) is 0 Å². The fraction of sp³-hybridized carbons (Fsp3) is 0.364. The highest BCUT2D eigenvalue weighted by atomic mass is 16.2. The highest BCUT2D eigenvalue weighted by molar-refractivity contribution is 5.94. The second kappa shape index (κ2) is 9.21. The van der Waals surface area contributed by atoms with Crippen LogP contribution in [0, 0.1) is 0 Å². The Labute approximate surface area is 161 Å². The summed E-state index contributed by atoms with van der Waals surface area (Å²) < 4.78 is 0. The highest BCUT2D eigenvalue weighted by Gasteiger charge is 2.25. The summed E-state index contributed by atoms with van der Waals surface area (Å²) in [7, 11) is 0. The van der Waals surface area contributed by atoms with Crippen LogP contribution < -0.4 is 5.32 Å². The zero-order valence-corrected chi connectivity index (χ0v) is 15.8. The number of carbonyl (C=O) groups excluding carboxylic acids is 2. The van der Waals surface area contributed by atoms with E-state index >= 15 is 0 Å². The standard InChI is InChI=1S/C22H27N3O2/c1-18(12-13-19-8-4-2-5-9-19)23-22(27)25-16-14-24(15-17-25)21(26)20-10-6-3-7-11-20/h2-11,18H,12-17H2,1H3,(H,23,27). The summed E-state index contributed by atoms with van der Waals surface area (Å²) in [6, 6.07) is 19.7. The highest BCUT2D eigenvalue weighted by Crippen LogP contribution is 2.10. The minimum absolute atomic E-state index is 0.0342. The summed E-state index contributed by atoms with van der Waals surface area (Å²) in [5, 5.41) is 3.08. The maximum Gasteiger partial charge on any atom is 0.317 e. The molecule has 2 aromatic rings. The van der Waals surface area contributed by atoms with Gasteiger partial charge in [0.15, 0.2) is 0 Å². The molecule has 0 aliphatic carbocycles. The molecule has 1 aliphatic heterocycles. The van der Waals surface area contributed by atoms with E-state index in [1.807, 2.05) is 60.4 Å². The van der Waals surface area contributed by atoms with Gasteiger partial charge in [-0.3, -0.25) is 4.79 Å². The molecule has 2 aromatic carbocycles. The molecule has 1 saturated heterocycles. The van der Waals surface area contributed by atoms with Crippen LogP contribution in [0.15, 0.2) is 60.7 Å². The molecule has 1 unspecified atom stereocenters. The predicted octanol–water partition coefficient (Wildman–Crippen LogP) is 3.18. The van der Waals surface area contributed by atoms with Crippen molar-refractivity contribution >= 4 is 11.9 Å². The Morgan fingerprint density at radius 1 is 0.889 bits per heavy atom. The third kappa shape index (κ3) is 5.33. The average Bonchev–Trinajstić information content (AvgIpc) is 2.73. The molecule has 0 aromatic heterocycles. The van der Waals surface area contributed by atoms with E-state index < -0.39 is 0 Å². The van der Waals surface area contributed by atoms with Gasteiger partial charge in [-0.15, -0.1) is 0 Å². The fourth-order valence-corrected chi connectivity index (χ4v) is 3.28. The van der Waals surface area contributed by atoms with Crippen molar-refractivity contribution in [3.8, 4) is 0 Å². The molecular weight excluding hydrogens is 338 g/mol.